The van der Waals surface area contributed by atoms with Crippen molar-refractivity contribution in [1.29, 1.82) is 0 Å². The first-order chi connectivity index (χ1) is 14.6. The predicted octanol–water partition coefficient (Wildman–Crippen LogP) is 3.93. The normalized spacial score (nSPS) is 15.1. The van der Waals surface area contributed by atoms with Crippen molar-refractivity contribution >= 4 is 28.1 Å². The van der Waals surface area contributed by atoms with E-state index >= 15 is 0 Å². The molecule has 0 atom stereocenters. The van der Waals surface area contributed by atoms with Gasteiger partial charge in [0, 0.05) is 30.9 Å². The molecule has 1 aliphatic rings. The molecular formula is C23H29N5O2. The minimum absolute atomic E-state index is 0.165. The molecule has 3 N–H and O–H groups in total. The van der Waals surface area contributed by atoms with Crippen molar-refractivity contribution in [2.24, 2.45) is 0 Å². The molecule has 4 heterocycles. The van der Waals surface area contributed by atoms with E-state index < -0.39 is 0 Å². The smallest absolute Gasteiger partial charge is 0.259 e. The van der Waals surface area contributed by atoms with Crippen LogP contribution in [0, 0.1) is 0 Å². The van der Waals surface area contributed by atoms with Gasteiger partial charge in [-0.2, -0.15) is 0 Å². The number of H-pyrrole nitrogens is 1. The van der Waals surface area contributed by atoms with Gasteiger partial charge < -0.3 is 20.3 Å². The van der Waals surface area contributed by atoms with E-state index in [2.05, 4.69) is 34.0 Å². The highest BCUT2D eigenvalue weighted by atomic mass is 16.3. The number of nitrogens with one attached hydrogen (secondary N) is 2. The van der Waals surface area contributed by atoms with Crippen molar-refractivity contribution in [2.45, 2.75) is 51.6 Å². The first-order valence-corrected chi connectivity index (χ1v) is 10.8. The zero-order valence-corrected chi connectivity index (χ0v) is 17.6. The summed E-state index contributed by atoms with van der Waals surface area (Å²) in [4.78, 5) is 26.8. The number of fused-ring (bicyclic) bond motifs is 1. The Morgan fingerprint density at radius 3 is 2.67 bits per heavy atom. The molecule has 1 fully saturated rings. The van der Waals surface area contributed by atoms with E-state index in [4.69, 9.17) is 4.98 Å². The standard InChI is InChI=1S/C23H29N5O2/c1-3-15(4-2)19-13-20(22-18(26-19)7-10-24-23(22)30)27-21-6-5-16(14-25-21)28-11-8-17(29)9-12-28/h5-7,10,13-15,17,29H,3-4,8-9,11-12H2,1-2H3,(H,24,30)(H,25,26,27). The van der Waals surface area contributed by atoms with Crippen molar-refractivity contribution in [3.63, 3.8) is 0 Å². The lowest BCUT2D eigenvalue weighted by Gasteiger charge is -2.31. The molecule has 3 aromatic heterocycles. The van der Waals surface area contributed by atoms with Gasteiger partial charge in [-0.15, -0.1) is 0 Å². The summed E-state index contributed by atoms with van der Waals surface area (Å²) in [7, 11) is 0. The molecule has 0 aliphatic carbocycles. The second-order valence-corrected chi connectivity index (χ2v) is 7.92. The van der Waals surface area contributed by atoms with E-state index in [0.29, 0.717) is 22.6 Å². The predicted molar refractivity (Wildman–Crippen MR) is 121 cm³/mol. The van der Waals surface area contributed by atoms with Crippen LogP contribution in [0.1, 0.15) is 51.1 Å². The minimum atomic E-state index is -0.197. The average Bonchev–Trinajstić information content (AvgIpc) is 2.76. The zero-order valence-electron chi connectivity index (χ0n) is 17.6. The van der Waals surface area contributed by atoms with Crippen molar-refractivity contribution in [3.8, 4) is 0 Å². The lowest BCUT2D eigenvalue weighted by molar-refractivity contribution is 0.145. The maximum absolute atomic E-state index is 12.5. The van der Waals surface area contributed by atoms with Gasteiger partial charge in [0.05, 0.1) is 34.6 Å². The summed E-state index contributed by atoms with van der Waals surface area (Å²) in [5.41, 5.74) is 3.29. The van der Waals surface area contributed by atoms with E-state index in [1.165, 1.54) is 0 Å². The number of hydrogen-bond donors (Lipinski definition) is 3. The number of aliphatic hydroxyl groups is 1. The molecule has 0 amide bonds. The van der Waals surface area contributed by atoms with Crippen LogP contribution in [-0.4, -0.2) is 39.3 Å². The fourth-order valence-electron chi connectivity index (χ4n) is 4.14. The van der Waals surface area contributed by atoms with Crippen molar-refractivity contribution < 1.29 is 5.11 Å². The molecule has 1 saturated heterocycles. The number of hydrogen-bond acceptors (Lipinski definition) is 6. The highest BCUT2D eigenvalue weighted by molar-refractivity contribution is 5.92. The van der Waals surface area contributed by atoms with E-state index in [0.717, 1.165) is 55.8 Å². The SMILES string of the molecule is CCC(CC)c1cc(Nc2ccc(N3CCC(O)CC3)cn2)c2c(=O)[nH]ccc2n1. The zero-order chi connectivity index (χ0) is 21.1. The molecule has 7 heteroatoms. The van der Waals surface area contributed by atoms with Crippen LogP contribution in [0.4, 0.5) is 17.2 Å². The fraction of sp³-hybridized carbons (Fsp3) is 0.435. The Bertz CT molecular complexity index is 1050. The fourth-order valence-corrected chi connectivity index (χ4v) is 4.14. The van der Waals surface area contributed by atoms with Gasteiger partial charge >= 0.3 is 0 Å². The molecule has 0 spiro atoms. The molecule has 4 rings (SSSR count). The van der Waals surface area contributed by atoms with Gasteiger partial charge in [-0.05, 0) is 49.9 Å². The molecule has 30 heavy (non-hydrogen) atoms. The lowest BCUT2D eigenvalue weighted by Crippen LogP contribution is -2.35. The Hall–Kier alpha value is -2.93. The number of aliphatic hydroxyl groups excluding tert-OH is 1. The minimum Gasteiger partial charge on any atom is -0.393 e. The third-order valence-corrected chi connectivity index (χ3v) is 5.99. The van der Waals surface area contributed by atoms with Gasteiger partial charge in [0.25, 0.3) is 5.56 Å². The monoisotopic (exact) mass is 407 g/mol. The lowest BCUT2D eigenvalue weighted by atomic mass is 9.97. The second kappa shape index (κ2) is 8.83. The number of pyridine rings is 3. The Morgan fingerprint density at radius 1 is 1.23 bits per heavy atom. The molecule has 158 valence electrons. The Morgan fingerprint density at radius 2 is 2.00 bits per heavy atom. The van der Waals surface area contributed by atoms with Crippen molar-refractivity contribution in [3.05, 3.63) is 52.7 Å². The van der Waals surface area contributed by atoms with Crippen LogP contribution in [0.2, 0.25) is 0 Å². The Labute approximate surface area is 176 Å². The van der Waals surface area contributed by atoms with E-state index in [-0.39, 0.29) is 11.7 Å². The second-order valence-electron chi connectivity index (χ2n) is 7.92. The average molecular weight is 408 g/mol. The number of aromatic amines is 1. The molecule has 0 saturated carbocycles. The Kier molecular flexibility index (Phi) is 5.99. The summed E-state index contributed by atoms with van der Waals surface area (Å²) in [6.45, 7) is 5.98. The van der Waals surface area contributed by atoms with Gasteiger partial charge in [-0.3, -0.25) is 9.78 Å². The van der Waals surface area contributed by atoms with Gasteiger partial charge in [-0.25, -0.2) is 4.98 Å². The van der Waals surface area contributed by atoms with E-state index in [1.54, 1.807) is 6.20 Å². The topological polar surface area (TPSA) is 94.1 Å². The van der Waals surface area contributed by atoms with Gasteiger partial charge in [0.15, 0.2) is 0 Å². The summed E-state index contributed by atoms with van der Waals surface area (Å²) in [6, 6.07) is 7.79. The molecule has 7 nitrogen and oxygen atoms in total. The summed E-state index contributed by atoms with van der Waals surface area (Å²) in [5.74, 6) is 1.03. The largest absolute Gasteiger partial charge is 0.393 e. The number of anilines is 3. The molecule has 1 aliphatic heterocycles. The quantitative estimate of drug-likeness (QED) is 0.573. The number of nitrogens with zero attached hydrogens (tertiary/aromatic N) is 3. The number of rotatable bonds is 6. The summed E-state index contributed by atoms with van der Waals surface area (Å²) < 4.78 is 0. The number of piperidine rings is 1. The number of aromatic nitrogens is 3. The maximum atomic E-state index is 12.5. The molecule has 3 aromatic rings. The first kappa shape index (κ1) is 20.3. The maximum Gasteiger partial charge on any atom is 0.259 e. The van der Waals surface area contributed by atoms with Gasteiger partial charge in [0.2, 0.25) is 0 Å². The molecule has 0 bridgehead atoms. The van der Waals surface area contributed by atoms with Crippen LogP contribution in [0.25, 0.3) is 10.9 Å². The highest BCUT2D eigenvalue weighted by Gasteiger charge is 2.18. The molecule has 0 radical (unpaired) electrons. The van der Waals surface area contributed by atoms with Crippen LogP contribution < -0.4 is 15.8 Å². The molecule has 0 aromatic carbocycles. The van der Waals surface area contributed by atoms with Crippen molar-refractivity contribution in [2.75, 3.05) is 23.3 Å². The summed E-state index contributed by atoms with van der Waals surface area (Å²) in [5, 5.41) is 13.6. The highest BCUT2D eigenvalue weighted by Crippen LogP contribution is 2.29. The summed E-state index contributed by atoms with van der Waals surface area (Å²) >= 11 is 0. The van der Waals surface area contributed by atoms with Crippen LogP contribution in [0.3, 0.4) is 0 Å². The summed E-state index contributed by atoms with van der Waals surface area (Å²) in [6.07, 6.45) is 6.84. The molecule has 0 unspecified atom stereocenters. The van der Waals surface area contributed by atoms with Gasteiger partial charge in [0.1, 0.15) is 5.82 Å². The molecular weight excluding hydrogens is 378 g/mol. The Balaban J connectivity index is 1.65. The van der Waals surface area contributed by atoms with Crippen molar-refractivity contribution in [1.82, 2.24) is 15.0 Å². The third kappa shape index (κ3) is 4.16. The van der Waals surface area contributed by atoms with E-state index in [1.807, 2.05) is 30.5 Å². The third-order valence-electron chi connectivity index (χ3n) is 5.99. The van der Waals surface area contributed by atoms with Crippen LogP contribution in [-0.2, 0) is 0 Å². The van der Waals surface area contributed by atoms with E-state index in [9.17, 15) is 9.90 Å². The van der Waals surface area contributed by atoms with Gasteiger partial charge in [-0.1, -0.05) is 13.8 Å². The van der Waals surface area contributed by atoms with Crippen LogP contribution in [0.15, 0.2) is 41.5 Å². The first-order valence-electron chi connectivity index (χ1n) is 10.8. The van der Waals surface area contributed by atoms with Crippen LogP contribution >= 0.6 is 0 Å². The van der Waals surface area contributed by atoms with Crippen LogP contribution in [0.5, 0.6) is 0 Å².